The van der Waals surface area contributed by atoms with Crippen LogP contribution in [0.15, 0.2) is 58.3 Å². The van der Waals surface area contributed by atoms with Gasteiger partial charge in [-0.15, -0.1) is 0 Å². The van der Waals surface area contributed by atoms with Crippen LogP contribution in [0.25, 0.3) is 0 Å². The van der Waals surface area contributed by atoms with E-state index in [1.54, 1.807) is 24.3 Å². The predicted octanol–water partition coefficient (Wildman–Crippen LogP) is 0.961. The van der Waals surface area contributed by atoms with Gasteiger partial charge in [-0.2, -0.15) is 0 Å². The van der Waals surface area contributed by atoms with Crippen molar-refractivity contribution in [2.75, 3.05) is 27.3 Å². The average Bonchev–Trinajstić information content (AvgIpc) is 2.65. The summed E-state index contributed by atoms with van der Waals surface area (Å²) in [6, 6.07) is 12.3. The summed E-state index contributed by atoms with van der Waals surface area (Å²) in [6.07, 6.45) is 0. The topological polar surface area (TPSA) is 111 Å². The van der Waals surface area contributed by atoms with Crippen LogP contribution in [0.2, 0.25) is 0 Å². The first kappa shape index (κ1) is 20.2. The number of sulfonamides is 2. The Kier molecular flexibility index (Phi) is 6.59. The monoisotopic (exact) mass is 400 g/mol. The maximum atomic E-state index is 12.3. The van der Waals surface area contributed by atoms with E-state index in [9.17, 15) is 16.8 Å². The van der Waals surface area contributed by atoms with Crippen LogP contribution in [0.4, 0.5) is 0 Å². The summed E-state index contributed by atoms with van der Waals surface area (Å²) < 4.78 is 64.0. The molecule has 0 saturated heterocycles. The Bertz CT molecular complexity index is 879. The minimum absolute atomic E-state index is 0.0184. The van der Waals surface area contributed by atoms with Gasteiger partial charge < -0.3 is 9.47 Å². The summed E-state index contributed by atoms with van der Waals surface area (Å²) in [5.74, 6) is 0.407. The number of rotatable bonds is 9. The summed E-state index contributed by atoms with van der Waals surface area (Å²) in [4.78, 5) is -0.0369. The number of para-hydroxylation sites is 2. The summed E-state index contributed by atoms with van der Waals surface area (Å²) in [6.45, 7) is -0.260. The molecule has 0 atom stereocenters. The highest BCUT2D eigenvalue weighted by Crippen LogP contribution is 2.23. The molecule has 26 heavy (non-hydrogen) atoms. The third kappa shape index (κ3) is 4.73. The summed E-state index contributed by atoms with van der Waals surface area (Å²) in [5.41, 5.74) is 0. The predicted molar refractivity (Wildman–Crippen MR) is 96.4 cm³/mol. The summed E-state index contributed by atoms with van der Waals surface area (Å²) in [5, 5.41) is 0. The second kappa shape index (κ2) is 8.49. The van der Waals surface area contributed by atoms with E-state index in [1.807, 2.05) is 0 Å². The van der Waals surface area contributed by atoms with Gasteiger partial charge in [0.25, 0.3) is 0 Å². The molecule has 0 aromatic heterocycles. The number of ether oxygens (including phenoxy) is 2. The lowest BCUT2D eigenvalue weighted by Crippen LogP contribution is -2.35. The third-order valence-electron chi connectivity index (χ3n) is 3.43. The van der Waals surface area contributed by atoms with Crippen LogP contribution in [-0.2, 0) is 20.0 Å². The fourth-order valence-electron chi connectivity index (χ4n) is 2.21. The fraction of sp³-hybridized carbons (Fsp3) is 0.250. The Morgan fingerprint density at radius 3 is 1.38 bits per heavy atom. The van der Waals surface area contributed by atoms with Gasteiger partial charge in [-0.1, -0.05) is 24.3 Å². The van der Waals surface area contributed by atoms with Crippen LogP contribution in [0.5, 0.6) is 11.5 Å². The first-order valence-corrected chi connectivity index (χ1v) is 10.5. The zero-order chi connectivity index (χ0) is 19.2. The normalized spacial score (nSPS) is 11.9. The van der Waals surface area contributed by atoms with Crippen LogP contribution in [0.1, 0.15) is 0 Å². The number of hydrogen-bond donors (Lipinski definition) is 2. The maximum absolute atomic E-state index is 12.3. The van der Waals surface area contributed by atoms with Gasteiger partial charge in [-0.3, -0.25) is 0 Å². The Hall–Kier alpha value is -2.14. The van der Waals surface area contributed by atoms with E-state index in [1.165, 1.54) is 38.5 Å². The average molecular weight is 400 g/mol. The van der Waals surface area contributed by atoms with Crippen LogP contribution in [0.3, 0.4) is 0 Å². The Morgan fingerprint density at radius 1 is 0.692 bits per heavy atom. The molecule has 8 nitrogen and oxygen atoms in total. The van der Waals surface area contributed by atoms with Gasteiger partial charge in [0.2, 0.25) is 20.0 Å². The van der Waals surface area contributed by atoms with Crippen LogP contribution in [-0.4, -0.2) is 44.1 Å². The molecule has 0 amide bonds. The number of methoxy groups -OCH3 is 2. The van der Waals surface area contributed by atoms with Crippen molar-refractivity contribution >= 4 is 20.0 Å². The SMILES string of the molecule is COc1ccccc1S(=O)(=O)NCCNS(=O)(=O)c1ccccc1OC. The second-order valence-corrected chi connectivity index (χ2v) is 8.57. The van der Waals surface area contributed by atoms with Crippen molar-refractivity contribution < 1.29 is 26.3 Å². The van der Waals surface area contributed by atoms with Crippen LogP contribution in [0, 0.1) is 0 Å². The molecule has 0 heterocycles. The largest absolute Gasteiger partial charge is 0.495 e. The number of nitrogens with one attached hydrogen (secondary N) is 2. The molecule has 0 radical (unpaired) electrons. The van der Waals surface area contributed by atoms with Crippen molar-refractivity contribution in [3.63, 3.8) is 0 Å². The Morgan fingerprint density at radius 2 is 1.04 bits per heavy atom. The van der Waals surface area contributed by atoms with Gasteiger partial charge in [-0.05, 0) is 24.3 Å². The molecule has 2 aromatic carbocycles. The van der Waals surface area contributed by atoms with Gasteiger partial charge in [-0.25, -0.2) is 26.3 Å². The zero-order valence-corrected chi connectivity index (χ0v) is 15.9. The lowest BCUT2D eigenvalue weighted by atomic mass is 10.3. The molecule has 2 N–H and O–H groups in total. The Balaban J connectivity index is 2.02. The molecule has 2 aromatic rings. The van der Waals surface area contributed by atoms with Gasteiger partial charge in [0.05, 0.1) is 14.2 Å². The van der Waals surface area contributed by atoms with Gasteiger partial charge in [0, 0.05) is 13.1 Å². The third-order valence-corrected chi connectivity index (χ3v) is 6.43. The van der Waals surface area contributed by atoms with Crippen molar-refractivity contribution in [2.24, 2.45) is 0 Å². The Labute approximate surface area is 153 Å². The molecule has 0 aliphatic rings. The molecular formula is C16H20N2O6S2. The minimum atomic E-state index is -3.83. The summed E-state index contributed by atoms with van der Waals surface area (Å²) in [7, 11) is -4.92. The van der Waals surface area contributed by atoms with E-state index < -0.39 is 20.0 Å². The van der Waals surface area contributed by atoms with E-state index >= 15 is 0 Å². The van der Waals surface area contributed by atoms with Gasteiger partial charge in [0.15, 0.2) is 0 Å². The lowest BCUT2D eigenvalue weighted by molar-refractivity contribution is 0.402. The highest BCUT2D eigenvalue weighted by molar-refractivity contribution is 7.90. The molecule has 0 aliphatic heterocycles. The van der Waals surface area contributed by atoms with Crippen molar-refractivity contribution in [3.8, 4) is 11.5 Å². The van der Waals surface area contributed by atoms with Crippen molar-refractivity contribution in [1.82, 2.24) is 9.44 Å². The molecule has 0 fully saturated rings. The molecule has 0 unspecified atom stereocenters. The highest BCUT2D eigenvalue weighted by Gasteiger charge is 2.20. The highest BCUT2D eigenvalue weighted by atomic mass is 32.2. The maximum Gasteiger partial charge on any atom is 0.244 e. The molecule has 2 rings (SSSR count). The van der Waals surface area contributed by atoms with E-state index in [4.69, 9.17) is 9.47 Å². The van der Waals surface area contributed by atoms with E-state index in [-0.39, 0.29) is 34.4 Å². The number of hydrogen-bond acceptors (Lipinski definition) is 6. The first-order valence-electron chi connectivity index (χ1n) is 7.57. The molecule has 0 aliphatic carbocycles. The molecular weight excluding hydrogens is 380 g/mol. The molecule has 10 heteroatoms. The molecule has 0 bridgehead atoms. The zero-order valence-electron chi connectivity index (χ0n) is 14.3. The smallest absolute Gasteiger partial charge is 0.244 e. The van der Waals surface area contributed by atoms with Crippen molar-refractivity contribution in [2.45, 2.75) is 9.79 Å². The van der Waals surface area contributed by atoms with Crippen molar-refractivity contribution in [3.05, 3.63) is 48.5 Å². The lowest BCUT2D eigenvalue weighted by Gasteiger charge is -2.12. The number of benzene rings is 2. The van der Waals surface area contributed by atoms with Gasteiger partial charge in [0.1, 0.15) is 21.3 Å². The van der Waals surface area contributed by atoms with Crippen LogP contribution < -0.4 is 18.9 Å². The molecule has 0 saturated carbocycles. The minimum Gasteiger partial charge on any atom is -0.495 e. The molecule has 142 valence electrons. The second-order valence-electron chi connectivity index (χ2n) is 5.10. The van der Waals surface area contributed by atoms with Crippen LogP contribution >= 0.6 is 0 Å². The standard InChI is InChI=1S/C16H20N2O6S2/c1-23-13-7-3-5-9-15(13)25(19,20)17-11-12-18-26(21,22)16-10-6-4-8-14(16)24-2/h3-10,17-18H,11-12H2,1-2H3. The summed E-state index contributed by atoms with van der Waals surface area (Å²) >= 11 is 0. The van der Waals surface area contributed by atoms with Gasteiger partial charge >= 0.3 is 0 Å². The van der Waals surface area contributed by atoms with Crippen molar-refractivity contribution in [1.29, 1.82) is 0 Å². The molecule has 0 spiro atoms. The first-order chi connectivity index (χ1) is 12.3. The quantitative estimate of drug-likeness (QED) is 0.607. The van der Waals surface area contributed by atoms with E-state index in [0.29, 0.717) is 0 Å². The van der Waals surface area contributed by atoms with E-state index in [0.717, 1.165) is 0 Å². The van der Waals surface area contributed by atoms with E-state index in [2.05, 4.69) is 9.44 Å². The fourth-order valence-corrected chi connectivity index (χ4v) is 4.61.